The third kappa shape index (κ3) is 3.79. The number of hydrogen-bond donors (Lipinski definition) is 0. The molecule has 0 aliphatic carbocycles. The van der Waals surface area contributed by atoms with Crippen molar-refractivity contribution < 1.29 is 0 Å². The summed E-state index contributed by atoms with van der Waals surface area (Å²) in [5.74, 6) is 3.01. The van der Waals surface area contributed by atoms with E-state index in [2.05, 4.69) is 131 Å². The van der Waals surface area contributed by atoms with Crippen LogP contribution in [0.5, 0.6) is 0 Å². The zero-order chi connectivity index (χ0) is 27.5. The summed E-state index contributed by atoms with van der Waals surface area (Å²) in [5, 5.41) is 0. The third-order valence-electron chi connectivity index (χ3n) is 9.35. The maximum Gasteiger partial charge on any atom is 0.179 e. The summed E-state index contributed by atoms with van der Waals surface area (Å²) in [6.07, 6.45) is 3.16. The van der Waals surface area contributed by atoms with E-state index in [0.717, 1.165) is 29.4 Å². The summed E-state index contributed by atoms with van der Waals surface area (Å²) in [6.45, 7) is 16.2. The molecule has 4 heteroatoms. The normalized spacial score (nSPS) is 21.8. The number of hydrogen-bond acceptors (Lipinski definition) is 4. The molecule has 1 aromatic heterocycles. The number of aromatic nitrogens is 2. The van der Waals surface area contributed by atoms with Gasteiger partial charge in [0, 0.05) is 28.3 Å². The highest BCUT2D eigenvalue weighted by molar-refractivity contribution is 5.87. The fraction of sp³-hybridized carbons (Fsp3) is 0.371. The van der Waals surface area contributed by atoms with Crippen molar-refractivity contribution >= 4 is 23.0 Å². The number of anilines is 4. The first-order valence-electron chi connectivity index (χ1n) is 14.5. The van der Waals surface area contributed by atoms with Crippen LogP contribution in [-0.4, -0.2) is 16.1 Å². The predicted molar refractivity (Wildman–Crippen MR) is 163 cm³/mol. The number of nitrogens with zero attached hydrogens (tertiary/aromatic N) is 4. The fourth-order valence-electron chi connectivity index (χ4n) is 6.86. The van der Waals surface area contributed by atoms with E-state index < -0.39 is 0 Å². The Bertz CT molecular complexity index is 1480. The molecule has 3 unspecified atom stereocenters. The molecular weight excluding hydrogens is 476 g/mol. The topological polar surface area (TPSA) is 32.3 Å². The van der Waals surface area contributed by atoms with Gasteiger partial charge < -0.3 is 9.80 Å². The van der Waals surface area contributed by atoms with Crippen LogP contribution in [0.3, 0.4) is 0 Å². The number of para-hydroxylation sites is 2. The first-order valence-corrected chi connectivity index (χ1v) is 14.5. The lowest BCUT2D eigenvalue weighted by Gasteiger charge is -2.50. The molecule has 0 spiro atoms. The summed E-state index contributed by atoms with van der Waals surface area (Å²) in [4.78, 5) is 15.6. The van der Waals surface area contributed by atoms with Gasteiger partial charge in [-0.2, -0.15) is 0 Å². The largest absolute Gasteiger partial charge is 0.302 e. The van der Waals surface area contributed by atoms with E-state index >= 15 is 0 Å². The van der Waals surface area contributed by atoms with Gasteiger partial charge in [-0.15, -0.1) is 0 Å². The van der Waals surface area contributed by atoms with E-state index in [1.807, 2.05) is 6.20 Å². The van der Waals surface area contributed by atoms with E-state index in [0.29, 0.717) is 17.8 Å². The average Bonchev–Trinajstić information content (AvgIpc) is 3.30. The zero-order valence-corrected chi connectivity index (χ0v) is 24.3. The molecule has 3 atom stereocenters. The Labute approximate surface area is 233 Å². The van der Waals surface area contributed by atoms with Crippen LogP contribution in [0.25, 0.3) is 11.3 Å². The molecule has 6 rings (SSSR count). The monoisotopic (exact) mass is 516 g/mol. The maximum atomic E-state index is 5.50. The van der Waals surface area contributed by atoms with Gasteiger partial charge in [0.1, 0.15) is 6.17 Å². The minimum atomic E-state index is 0.0325. The molecule has 3 heterocycles. The lowest BCUT2D eigenvalue weighted by Crippen LogP contribution is -2.54. The van der Waals surface area contributed by atoms with Crippen LogP contribution in [0, 0.1) is 5.92 Å². The zero-order valence-electron chi connectivity index (χ0n) is 24.3. The standard InChI is InChI=1S/C35H40N4/c1-8-35(7)24(6)34-38(25-15-10-9-11-16-25)32-33(39(34)30-20-13-12-19-28(30)35)37-29(21-36-32)31-26(22(2)3)17-14-18-27(31)23(4)5/h9-24,34H,8H2,1-7H3. The lowest BCUT2D eigenvalue weighted by atomic mass is 9.66. The fourth-order valence-corrected chi connectivity index (χ4v) is 6.86. The van der Waals surface area contributed by atoms with Crippen LogP contribution in [0.2, 0.25) is 0 Å². The minimum Gasteiger partial charge on any atom is -0.302 e. The Morgan fingerprint density at radius 1 is 0.795 bits per heavy atom. The van der Waals surface area contributed by atoms with Gasteiger partial charge in [0.2, 0.25) is 0 Å². The molecule has 0 fully saturated rings. The summed E-state index contributed by atoms with van der Waals surface area (Å²) < 4.78 is 0. The van der Waals surface area contributed by atoms with Gasteiger partial charge >= 0.3 is 0 Å². The molecule has 4 aromatic rings. The van der Waals surface area contributed by atoms with Crippen molar-refractivity contribution in [1.29, 1.82) is 0 Å². The highest BCUT2D eigenvalue weighted by atomic mass is 15.5. The van der Waals surface area contributed by atoms with E-state index in [9.17, 15) is 0 Å². The first-order chi connectivity index (χ1) is 18.8. The molecule has 39 heavy (non-hydrogen) atoms. The van der Waals surface area contributed by atoms with Crippen molar-refractivity contribution in [2.24, 2.45) is 5.92 Å². The molecule has 0 N–H and O–H groups in total. The van der Waals surface area contributed by atoms with Crippen molar-refractivity contribution in [2.45, 2.75) is 78.3 Å². The van der Waals surface area contributed by atoms with E-state index in [-0.39, 0.29) is 11.6 Å². The van der Waals surface area contributed by atoms with Crippen LogP contribution in [-0.2, 0) is 5.41 Å². The van der Waals surface area contributed by atoms with Gasteiger partial charge in [-0.05, 0) is 53.1 Å². The van der Waals surface area contributed by atoms with Gasteiger partial charge in [0.15, 0.2) is 11.6 Å². The minimum absolute atomic E-state index is 0.0325. The van der Waals surface area contributed by atoms with E-state index in [4.69, 9.17) is 9.97 Å². The van der Waals surface area contributed by atoms with Gasteiger partial charge in [-0.25, -0.2) is 9.97 Å². The molecule has 200 valence electrons. The SMILES string of the molecule is CCC1(C)c2ccccc2N2c3nc(-c4c(C(C)C)cccc4C(C)C)cnc3N(c3ccccc3)C2C1C. The highest BCUT2D eigenvalue weighted by Gasteiger charge is 2.53. The molecule has 3 aromatic carbocycles. The van der Waals surface area contributed by atoms with E-state index in [1.54, 1.807) is 0 Å². The summed E-state index contributed by atoms with van der Waals surface area (Å²) in [7, 11) is 0. The Balaban J connectivity index is 1.64. The molecule has 0 saturated heterocycles. The van der Waals surface area contributed by atoms with Crippen LogP contribution in [0.15, 0.2) is 79.0 Å². The van der Waals surface area contributed by atoms with Crippen molar-refractivity contribution in [1.82, 2.24) is 9.97 Å². The highest BCUT2D eigenvalue weighted by Crippen LogP contribution is 2.57. The van der Waals surface area contributed by atoms with Crippen molar-refractivity contribution in [3.63, 3.8) is 0 Å². The Morgan fingerprint density at radius 3 is 2.08 bits per heavy atom. The molecule has 0 bridgehead atoms. The maximum absolute atomic E-state index is 5.50. The summed E-state index contributed by atoms with van der Waals surface area (Å²) in [6, 6.07) is 26.4. The van der Waals surface area contributed by atoms with Crippen LogP contribution in [0.4, 0.5) is 23.0 Å². The predicted octanol–water partition coefficient (Wildman–Crippen LogP) is 9.32. The van der Waals surface area contributed by atoms with Gasteiger partial charge in [0.05, 0.1) is 11.9 Å². The van der Waals surface area contributed by atoms with Crippen LogP contribution < -0.4 is 9.80 Å². The number of rotatable bonds is 5. The number of fused-ring (bicyclic) bond motifs is 5. The molecule has 2 aliphatic rings. The molecule has 2 aliphatic heterocycles. The van der Waals surface area contributed by atoms with Crippen molar-refractivity contribution in [3.8, 4) is 11.3 Å². The Hall–Kier alpha value is -3.66. The first kappa shape index (κ1) is 25.6. The van der Waals surface area contributed by atoms with E-state index in [1.165, 1.54) is 27.9 Å². The smallest absolute Gasteiger partial charge is 0.179 e. The van der Waals surface area contributed by atoms with Gasteiger partial charge in [0.25, 0.3) is 0 Å². The molecule has 0 radical (unpaired) electrons. The van der Waals surface area contributed by atoms with Gasteiger partial charge in [-0.1, -0.05) is 103 Å². The van der Waals surface area contributed by atoms with Crippen LogP contribution in [0.1, 0.15) is 83.4 Å². The van der Waals surface area contributed by atoms with Gasteiger partial charge in [-0.3, -0.25) is 0 Å². The molecule has 0 saturated carbocycles. The average molecular weight is 517 g/mol. The lowest BCUT2D eigenvalue weighted by molar-refractivity contribution is 0.249. The second-order valence-electron chi connectivity index (χ2n) is 12.1. The second kappa shape index (κ2) is 9.51. The van der Waals surface area contributed by atoms with Crippen molar-refractivity contribution in [2.75, 3.05) is 9.80 Å². The van der Waals surface area contributed by atoms with Crippen LogP contribution >= 0.6 is 0 Å². The quantitative estimate of drug-likeness (QED) is 0.264. The Morgan fingerprint density at radius 2 is 1.44 bits per heavy atom. The van der Waals surface area contributed by atoms with Crippen molar-refractivity contribution in [3.05, 3.63) is 95.7 Å². The molecule has 4 nitrogen and oxygen atoms in total. The second-order valence-corrected chi connectivity index (χ2v) is 12.1. The third-order valence-corrected chi connectivity index (χ3v) is 9.35. The summed E-state index contributed by atoms with van der Waals surface area (Å²) >= 11 is 0. The molecule has 0 amide bonds. The number of benzene rings is 3. The Kier molecular flexibility index (Phi) is 6.25. The molecular formula is C35H40N4. The summed E-state index contributed by atoms with van der Waals surface area (Å²) in [5.41, 5.74) is 8.70.